The molecular weight excluding hydrogens is 162 g/mol. The van der Waals surface area contributed by atoms with Gasteiger partial charge in [-0.05, 0) is 20.8 Å². The summed E-state index contributed by atoms with van der Waals surface area (Å²) in [6.07, 6.45) is 5.87. The maximum atomic E-state index is 5.89. The van der Waals surface area contributed by atoms with Gasteiger partial charge in [0.2, 0.25) is 0 Å². The van der Waals surface area contributed by atoms with Gasteiger partial charge in [-0.25, -0.2) is 5.84 Å². The highest BCUT2D eigenvalue weighted by Gasteiger charge is 2.40. The quantitative estimate of drug-likeness (QED) is 0.515. The first-order chi connectivity index (χ1) is 6.06. The van der Waals surface area contributed by atoms with E-state index < -0.39 is 0 Å². The molecule has 1 heterocycles. The number of amidine groups is 1. The Kier molecular flexibility index (Phi) is 2.57. The van der Waals surface area contributed by atoms with E-state index in [0.717, 1.165) is 5.84 Å². The van der Waals surface area contributed by atoms with E-state index in [1.807, 2.05) is 39.0 Å². The summed E-state index contributed by atoms with van der Waals surface area (Å²) >= 11 is 0. The zero-order valence-corrected chi connectivity index (χ0v) is 8.49. The zero-order chi connectivity index (χ0) is 10.1. The van der Waals surface area contributed by atoms with Gasteiger partial charge in [-0.15, -0.1) is 6.58 Å². The van der Waals surface area contributed by atoms with Crippen LogP contribution >= 0.6 is 0 Å². The van der Waals surface area contributed by atoms with E-state index in [2.05, 4.69) is 11.6 Å². The van der Waals surface area contributed by atoms with Crippen molar-refractivity contribution in [2.45, 2.75) is 32.4 Å². The number of hydrogen-bond donors (Lipinski definition) is 1. The van der Waals surface area contributed by atoms with Gasteiger partial charge < -0.3 is 0 Å². The van der Waals surface area contributed by atoms with E-state index in [1.54, 1.807) is 5.01 Å². The molecule has 1 aliphatic heterocycles. The largest absolute Gasteiger partial charge is 0.287 e. The molecule has 13 heavy (non-hydrogen) atoms. The number of aliphatic imine (C=N–C) groups is 1. The summed E-state index contributed by atoms with van der Waals surface area (Å²) in [4.78, 5) is 4.44. The Balaban J connectivity index is 3.02. The number of nitrogens with zero attached hydrogens (tertiary/aromatic N) is 2. The third-order valence-corrected chi connectivity index (χ3v) is 2.58. The molecule has 0 aromatic carbocycles. The van der Waals surface area contributed by atoms with E-state index in [9.17, 15) is 0 Å². The maximum Gasteiger partial charge on any atom is 0.111 e. The van der Waals surface area contributed by atoms with Gasteiger partial charge in [-0.2, -0.15) is 0 Å². The summed E-state index contributed by atoms with van der Waals surface area (Å²) in [6.45, 7) is 9.72. The molecule has 0 fully saturated rings. The monoisotopic (exact) mass is 179 g/mol. The predicted molar refractivity (Wildman–Crippen MR) is 56.3 cm³/mol. The van der Waals surface area contributed by atoms with Crippen LogP contribution in [-0.4, -0.2) is 22.4 Å². The van der Waals surface area contributed by atoms with Gasteiger partial charge in [0, 0.05) is 0 Å². The molecule has 0 amide bonds. The molecule has 2 atom stereocenters. The van der Waals surface area contributed by atoms with Crippen molar-refractivity contribution in [2.75, 3.05) is 0 Å². The van der Waals surface area contributed by atoms with Crippen LogP contribution in [0.4, 0.5) is 0 Å². The number of allylic oxidation sites excluding steroid dienone is 1. The Morgan fingerprint density at radius 3 is 2.77 bits per heavy atom. The minimum atomic E-state index is -0.281. The number of rotatable bonds is 2. The van der Waals surface area contributed by atoms with Crippen LogP contribution < -0.4 is 5.84 Å². The van der Waals surface area contributed by atoms with Crippen LogP contribution in [0.3, 0.4) is 0 Å². The van der Waals surface area contributed by atoms with Crippen LogP contribution in [0.2, 0.25) is 0 Å². The lowest BCUT2D eigenvalue weighted by atomic mass is 9.93. The van der Waals surface area contributed by atoms with Crippen LogP contribution in [0.1, 0.15) is 20.8 Å². The summed E-state index contributed by atoms with van der Waals surface area (Å²) in [5.74, 6) is 6.74. The fourth-order valence-electron chi connectivity index (χ4n) is 1.52. The first kappa shape index (κ1) is 9.99. The molecule has 0 aromatic rings. The molecule has 1 rings (SSSR count). The van der Waals surface area contributed by atoms with E-state index in [-0.39, 0.29) is 11.6 Å². The highest BCUT2D eigenvalue weighted by Crippen LogP contribution is 2.28. The minimum Gasteiger partial charge on any atom is -0.287 e. The van der Waals surface area contributed by atoms with E-state index in [4.69, 9.17) is 5.84 Å². The molecule has 2 N–H and O–H groups in total. The molecule has 2 unspecified atom stereocenters. The normalized spacial score (nSPS) is 34.0. The van der Waals surface area contributed by atoms with E-state index >= 15 is 0 Å². The first-order valence-electron chi connectivity index (χ1n) is 4.42. The Labute approximate surface area is 79.6 Å². The van der Waals surface area contributed by atoms with Crippen molar-refractivity contribution in [3.05, 3.63) is 24.8 Å². The van der Waals surface area contributed by atoms with Crippen molar-refractivity contribution in [2.24, 2.45) is 10.8 Å². The van der Waals surface area contributed by atoms with Gasteiger partial charge in [0.25, 0.3) is 0 Å². The molecule has 0 aliphatic carbocycles. The molecule has 0 aromatic heterocycles. The predicted octanol–water partition coefficient (Wildman–Crippen LogP) is 1.48. The van der Waals surface area contributed by atoms with Gasteiger partial charge in [0.1, 0.15) is 5.84 Å². The minimum absolute atomic E-state index is 0.0833. The fraction of sp³-hybridized carbons (Fsp3) is 0.500. The van der Waals surface area contributed by atoms with Crippen LogP contribution in [0.15, 0.2) is 29.8 Å². The smallest absolute Gasteiger partial charge is 0.111 e. The van der Waals surface area contributed by atoms with Crippen molar-refractivity contribution in [3.8, 4) is 0 Å². The van der Waals surface area contributed by atoms with Gasteiger partial charge in [0.05, 0.1) is 11.6 Å². The molecule has 0 saturated heterocycles. The van der Waals surface area contributed by atoms with E-state index in [0.29, 0.717) is 0 Å². The van der Waals surface area contributed by atoms with Crippen molar-refractivity contribution in [3.63, 3.8) is 0 Å². The highest BCUT2D eigenvalue weighted by molar-refractivity contribution is 5.83. The Hall–Kier alpha value is -1.09. The second-order valence-electron chi connectivity index (χ2n) is 3.45. The third-order valence-electron chi connectivity index (χ3n) is 2.58. The van der Waals surface area contributed by atoms with Crippen LogP contribution in [0.25, 0.3) is 0 Å². The molecule has 3 nitrogen and oxygen atoms in total. The molecule has 72 valence electrons. The second kappa shape index (κ2) is 3.34. The van der Waals surface area contributed by atoms with Crippen molar-refractivity contribution in [1.29, 1.82) is 0 Å². The van der Waals surface area contributed by atoms with Crippen molar-refractivity contribution < 1.29 is 0 Å². The van der Waals surface area contributed by atoms with Gasteiger partial charge >= 0.3 is 0 Å². The Morgan fingerprint density at radius 2 is 2.31 bits per heavy atom. The number of hydrogen-bond acceptors (Lipinski definition) is 3. The third kappa shape index (κ3) is 1.40. The van der Waals surface area contributed by atoms with E-state index in [1.165, 1.54) is 0 Å². The lowest BCUT2D eigenvalue weighted by Crippen LogP contribution is -2.52. The van der Waals surface area contributed by atoms with Crippen LogP contribution in [0.5, 0.6) is 0 Å². The van der Waals surface area contributed by atoms with Crippen molar-refractivity contribution >= 4 is 5.84 Å². The summed E-state index contributed by atoms with van der Waals surface area (Å²) in [5.41, 5.74) is -0.281. The van der Waals surface area contributed by atoms with Crippen LogP contribution in [0, 0.1) is 0 Å². The van der Waals surface area contributed by atoms with Gasteiger partial charge in [0.15, 0.2) is 0 Å². The summed E-state index contributed by atoms with van der Waals surface area (Å²) < 4.78 is 0. The number of hydrazine groups is 1. The Morgan fingerprint density at radius 1 is 1.69 bits per heavy atom. The molecule has 3 heteroatoms. The van der Waals surface area contributed by atoms with Crippen molar-refractivity contribution in [1.82, 2.24) is 5.01 Å². The second-order valence-corrected chi connectivity index (χ2v) is 3.45. The zero-order valence-electron chi connectivity index (χ0n) is 8.49. The highest BCUT2D eigenvalue weighted by atomic mass is 15.5. The van der Waals surface area contributed by atoms with Gasteiger partial charge in [-0.1, -0.05) is 18.2 Å². The molecule has 0 saturated carbocycles. The molecule has 0 radical (unpaired) electrons. The average molecular weight is 179 g/mol. The maximum absolute atomic E-state index is 5.89. The lowest BCUT2D eigenvalue weighted by molar-refractivity contribution is 0.264. The lowest BCUT2D eigenvalue weighted by Gasteiger charge is -2.32. The molecule has 1 aliphatic rings. The Bertz CT molecular complexity index is 267. The summed E-state index contributed by atoms with van der Waals surface area (Å²) in [5, 5.41) is 1.67. The topological polar surface area (TPSA) is 41.6 Å². The standard InChI is InChI=1S/C10H17N3/c1-5-7-9-10(4,6-2)13(11)8(3)12-9/h5-7,9H,2,11H2,1,3-4H3/b7-5-. The number of nitrogens with two attached hydrogens (primary N) is 1. The molecule has 0 bridgehead atoms. The van der Waals surface area contributed by atoms with Gasteiger partial charge in [-0.3, -0.25) is 10.0 Å². The average Bonchev–Trinajstić information content (AvgIpc) is 2.32. The van der Waals surface area contributed by atoms with Crippen LogP contribution in [-0.2, 0) is 0 Å². The first-order valence-corrected chi connectivity index (χ1v) is 4.42. The molecule has 0 spiro atoms. The molecular formula is C10H17N3. The fourth-order valence-corrected chi connectivity index (χ4v) is 1.52. The summed E-state index contributed by atoms with van der Waals surface area (Å²) in [6, 6.07) is 0.0833. The summed E-state index contributed by atoms with van der Waals surface area (Å²) in [7, 11) is 0. The SMILES string of the molecule is C=CC1(C)C(/C=C\C)N=C(C)N1N.